The predicted octanol–water partition coefficient (Wildman–Crippen LogP) is 3.06. The summed E-state index contributed by atoms with van der Waals surface area (Å²) < 4.78 is 0. The number of hydrogen-bond acceptors (Lipinski definition) is 2. The Morgan fingerprint density at radius 3 is 2.44 bits per heavy atom. The second kappa shape index (κ2) is 12.6. The summed E-state index contributed by atoms with van der Waals surface area (Å²) in [7, 11) is 0. The molecule has 1 saturated carbocycles. The van der Waals surface area contributed by atoms with Crippen molar-refractivity contribution in [1.82, 2.24) is 15.5 Å². The van der Waals surface area contributed by atoms with E-state index in [4.69, 9.17) is 10.7 Å². The van der Waals surface area contributed by atoms with Crippen LogP contribution in [0.3, 0.4) is 0 Å². The van der Waals surface area contributed by atoms with Crippen molar-refractivity contribution in [3.63, 3.8) is 0 Å². The van der Waals surface area contributed by atoms with E-state index in [1.54, 1.807) is 4.90 Å². The molecular weight excluding hydrogens is 429 g/mol. The number of halogens is 1. The highest BCUT2D eigenvalue weighted by molar-refractivity contribution is 14.0. The fourth-order valence-electron chi connectivity index (χ4n) is 3.79. The third-order valence-electron chi connectivity index (χ3n) is 5.26. The van der Waals surface area contributed by atoms with Gasteiger partial charge in [-0.2, -0.15) is 0 Å². The molecule has 1 aliphatic carbocycles. The van der Waals surface area contributed by atoms with Gasteiger partial charge >= 0.3 is 6.03 Å². The molecule has 4 N–H and O–H groups in total. The van der Waals surface area contributed by atoms with Crippen molar-refractivity contribution in [3.05, 3.63) is 0 Å². The van der Waals surface area contributed by atoms with Gasteiger partial charge < -0.3 is 21.3 Å². The van der Waals surface area contributed by atoms with Crippen LogP contribution in [-0.2, 0) is 0 Å². The standard InChI is InChI=1S/C18H35N5O.HI/c1-2-20-18(21-12-6-5-9-15-7-3-4-8-15)22-16-10-13-23(14-11-16)17(19)24;/h15-16H,2-14H2,1H3,(H2,19,24)(H2,20,21,22);1H. The molecule has 7 heteroatoms. The average Bonchev–Trinajstić information content (AvgIpc) is 3.08. The topological polar surface area (TPSA) is 82.8 Å². The van der Waals surface area contributed by atoms with Gasteiger partial charge in [0.1, 0.15) is 0 Å². The van der Waals surface area contributed by atoms with Crippen molar-refractivity contribution in [2.75, 3.05) is 26.2 Å². The van der Waals surface area contributed by atoms with E-state index in [0.717, 1.165) is 50.9 Å². The van der Waals surface area contributed by atoms with E-state index in [2.05, 4.69) is 17.6 Å². The van der Waals surface area contributed by atoms with Crippen LogP contribution in [0.1, 0.15) is 64.7 Å². The van der Waals surface area contributed by atoms with Crippen LogP contribution in [-0.4, -0.2) is 49.1 Å². The van der Waals surface area contributed by atoms with E-state index in [9.17, 15) is 4.79 Å². The van der Waals surface area contributed by atoms with Gasteiger partial charge in [-0.15, -0.1) is 24.0 Å². The molecule has 146 valence electrons. The highest BCUT2D eigenvalue weighted by Gasteiger charge is 2.21. The summed E-state index contributed by atoms with van der Waals surface area (Å²) in [6.45, 7) is 5.31. The number of carbonyl (C=O) groups excluding carboxylic acids is 1. The Kier molecular flexibility index (Phi) is 11.2. The minimum Gasteiger partial charge on any atom is -0.357 e. The molecule has 0 radical (unpaired) electrons. The highest BCUT2D eigenvalue weighted by Crippen LogP contribution is 2.28. The van der Waals surface area contributed by atoms with E-state index in [1.165, 1.54) is 44.9 Å². The van der Waals surface area contributed by atoms with E-state index in [0.29, 0.717) is 6.04 Å². The van der Waals surface area contributed by atoms with Gasteiger partial charge in [0.25, 0.3) is 0 Å². The Bertz CT molecular complexity index is 404. The molecule has 0 aromatic heterocycles. The van der Waals surface area contributed by atoms with Gasteiger partial charge in [-0.1, -0.05) is 38.5 Å². The highest BCUT2D eigenvalue weighted by atomic mass is 127. The molecule has 2 amide bonds. The Morgan fingerprint density at radius 2 is 1.84 bits per heavy atom. The summed E-state index contributed by atoms with van der Waals surface area (Å²) in [5.74, 6) is 1.90. The molecular formula is C18H36IN5O. The number of likely N-dealkylation sites (tertiary alicyclic amines) is 1. The number of piperidine rings is 1. The fourth-order valence-corrected chi connectivity index (χ4v) is 3.79. The monoisotopic (exact) mass is 465 g/mol. The Hall–Kier alpha value is -0.730. The smallest absolute Gasteiger partial charge is 0.314 e. The summed E-state index contributed by atoms with van der Waals surface area (Å²) >= 11 is 0. The molecule has 0 unspecified atom stereocenters. The van der Waals surface area contributed by atoms with E-state index >= 15 is 0 Å². The number of aliphatic imine (C=N–C) groups is 1. The molecule has 2 fully saturated rings. The number of urea groups is 1. The van der Waals surface area contributed by atoms with Gasteiger partial charge in [0.2, 0.25) is 0 Å². The first kappa shape index (κ1) is 22.3. The van der Waals surface area contributed by atoms with Gasteiger partial charge in [0.15, 0.2) is 5.96 Å². The first-order valence-corrected chi connectivity index (χ1v) is 9.78. The summed E-state index contributed by atoms with van der Waals surface area (Å²) in [5, 5.41) is 6.84. The molecule has 2 rings (SSSR count). The number of guanidine groups is 1. The van der Waals surface area contributed by atoms with E-state index in [1.807, 2.05) is 0 Å². The first-order valence-electron chi connectivity index (χ1n) is 9.78. The number of unbranched alkanes of at least 4 members (excludes halogenated alkanes) is 1. The number of rotatable bonds is 7. The molecule has 0 aromatic rings. The summed E-state index contributed by atoms with van der Waals surface area (Å²) in [5.41, 5.74) is 5.33. The third-order valence-corrected chi connectivity index (χ3v) is 5.26. The molecule has 25 heavy (non-hydrogen) atoms. The zero-order valence-electron chi connectivity index (χ0n) is 15.6. The maximum absolute atomic E-state index is 11.2. The number of carbonyl (C=O) groups is 1. The molecule has 0 atom stereocenters. The third kappa shape index (κ3) is 8.46. The van der Waals surface area contributed by atoms with Crippen LogP contribution in [0, 0.1) is 5.92 Å². The molecule has 0 spiro atoms. The van der Waals surface area contributed by atoms with Crippen LogP contribution in [0.25, 0.3) is 0 Å². The zero-order valence-corrected chi connectivity index (χ0v) is 18.0. The number of amides is 2. The Labute approximate surface area is 169 Å². The maximum Gasteiger partial charge on any atom is 0.314 e. The van der Waals surface area contributed by atoms with Gasteiger partial charge in [-0.05, 0) is 32.1 Å². The molecule has 0 bridgehead atoms. The molecule has 6 nitrogen and oxygen atoms in total. The van der Waals surface area contributed by atoms with Crippen molar-refractivity contribution >= 4 is 36.0 Å². The van der Waals surface area contributed by atoms with Gasteiger partial charge in [0, 0.05) is 32.2 Å². The lowest BCUT2D eigenvalue weighted by molar-refractivity contribution is 0.188. The van der Waals surface area contributed by atoms with Crippen LogP contribution in [0.15, 0.2) is 4.99 Å². The lowest BCUT2D eigenvalue weighted by Gasteiger charge is -2.32. The minimum absolute atomic E-state index is 0. The van der Waals surface area contributed by atoms with Crippen molar-refractivity contribution in [2.24, 2.45) is 16.6 Å². The van der Waals surface area contributed by atoms with Gasteiger partial charge in [-0.3, -0.25) is 4.99 Å². The Balaban J connectivity index is 0.00000312. The van der Waals surface area contributed by atoms with E-state index < -0.39 is 0 Å². The zero-order chi connectivity index (χ0) is 17.2. The number of hydrogen-bond donors (Lipinski definition) is 3. The SMILES string of the molecule is CCNC(=NCCCCC1CCCC1)NC1CCN(C(N)=O)CC1.I. The molecule has 1 saturated heterocycles. The summed E-state index contributed by atoms with van der Waals surface area (Å²) in [6.07, 6.45) is 11.5. The van der Waals surface area contributed by atoms with Crippen LogP contribution in [0.2, 0.25) is 0 Å². The number of primary amides is 1. The van der Waals surface area contributed by atoms with Gasteiger partial charge in [0.05, 0.1) is 0 Å². The fraction of sp³-hybridized carbons (Fsp3) is 0.889. The lowest BCUT2D eigenvalue weighted by Crippen LogP contribution is -2.50. The number of nitrogens with zero attached hydrogens (tertiary/aromatic N) is 2. The predicted molar refractivity (Wildman–Crippen MR) is 115 cm³/mol. The number of nitrogens with one attached hydrogen (secondary N) is 2. The van der Waals surface area contributed by atoms with E-state index in [-0.39, 0.29) is 30.0 Å². The Morgan fingerprint density at radius 1 is 1.16 bits per heavy atom. The summed E-state index contributed by atoms with van der Waals surface area (Å²) in [6, 6.07) is 0.0631. The normalized spacial score (nSPS) is 19.6. The van der Waals surface area contributed by atoms with Crippen LogP contribution in [0.5, 0.6) is 0 Å². The first-order chi connectivity index (χ1) is 11.7. The maximum atomic E-state index is 11.2. The summed E-state index contributed by atoms with van der Waals surface area (Å²) in [4.78, 5) is 17.6. The van der Waals surface area contributed by atoms with Crippen molar-refractivity contribution in [1.29, 1.82) is 0 Å². The van der Waals surface area contributed by atoms with Crippen LogP contribution < -0.4 is 16.4 Å². The number of nitrogens with two attached hydrogens (primary N) is 1. The quantitative estimate of drug-likeness (QED) is 0.234. The average molecular weight is 465 g/mol. The van der Waals surface area contributed by atoms with Gasteiger partial charge in [-0.25, -0.2) is 4.79 Å². The lowest BCUT2D eigenvalue weighted by atomic mass is 10.0. The van der Waals surface area contributed by atoms with Crippen LogP contribution in [0.4, 0.5) is 4.79 Å². The minimum atomic E-state index is -0.309. The molecule has 2 aliphatic rings. The largest absolute Gasteiger partial charge is 0.357 e. The second-order valence-electron chi connectivity index (χ2n) is 7.15. The molecule has 0 aromatic carbocycles. The van der Waals surface area contributed by atoms with Crippen molar-refractivity contribution < 1.29 is 4.79 Å². The molecule has 1 heterocycles. The van der Waals surface area contributed by atoms with Crippen LogP contribution >= 0.6 is 24.0 Å². The second-order valence-corrected chi connectivity index (χ2v) is 7.15. The van der Waals surface area contributed by atoms with Crippen molar-refractivity contribution in [3.8, 4) is 0 Å². The van der Waals surface area contributed by atoms with Crippen molar-refractivity contribution in [2.45, 2.75) is 70.8 Å². The molecule has 1 aliphatic heterocycles.